The summed E-state index contributed by atoms with van der Waals surface area (Å²) in [6.45, 7) is 4.13. The largest absolute Gasteiger partial charge is 0.462 e. The molecular formula is C27H30ClN3O4S. The Labute approximate surface area is 221 Å². The molecule has 1 saturated heterocycles. The summed E-state index contributed by atoms with van der Waals surface area (Å²) < 4.78 is 5.18. The highest BCUT2D eigenvalue weighted by Gasteiger charge is 2.43. The third kappa shape index (κ3) is 5.61. The summed E-state index contributed by atoms with van der Waals surface area (Å²) in [6, 6.07) is 13.7. The number of amides is 2. The molecule has 0 radical (unpaired) electrons. The van der Waals surface area contributed by atoms with Crippen molar-refractivity contribution < 1.29 is 19.1 Å². The molecule has 2 aliphatic heterocycles. The number of ether oxygens (including phenoxy) is 1. The number of carbonyl (C=O) groups is 3. The maximum atomic E-state index is 13.7. The molecule has 0 aromatic heterocycles. The molecular weight excluding hydrogens is 498 g/mol. The highest BCUT2D eigenvalue weighted by molar-refractivity contribution is 8.04. The maximum Gasteiger partial charge on any atom is 0.338 e. The number of thioether (sulfide) groups is 1. The van der Waals surface area contributed by atoms with E-state index in [0.717, 1.165) is 37.2 Å². The van der Waals surface area contributed by atoms with Gasteiger partial charge in [0.15, 0.2) is 0 Å². The molecule has 0 aliphatic carbocycles. The SMILES string of the molecule is CCCOC(=O)c1ccc(N2C(=O)C(Sc3ccc(Cl)cc3)=C(N(C)C3CCN(C)CC3)C2=O)cc1. The van der Waals surface area contributed by atoms with Crippen molar-refractivity contribution in [3.63, 3.8) is 0 Å². The molecule has 2 aromatic carbocycles. The molecule has 190 valence electrons. The van der Waals surface area contributed by atoms with Gasteiger partial charge in [-0.3, -0.25) is 9.59 Å². The van der Waals surface area contributed by atoms with Gasteiger partial charge in [0, 0.05) is 23.0 Å². The van der Waals surface area contributed by atoms with Crippen molar-refractivity contribution in [2.45, 2.75) is 37.1 Å². The van der Waals surface area contributed by atoms with Gasteiger partial charge in [-0.2, -0.15) is 0 Å². The summed E-state index contributed by atoms with van der Waals surface area (Å²) in [5, 5.41) is 0.602. The number of anilines is 1. The minimum atomic E-state index is -0.428. The highest BCUT2D eigenvalue weighted by Crippen LogP contribution is 2.40. The Hall–Kier alpha value is -2.81. The van der Waals surface area contributed by atoms with Gasteiger partial charge in [-0.05, 0) is 87.9 Å². The molecule has 0 N–H and O–H groups in total. The van der Waals surface area contributed by atoms with Crippen LogP contribution in [0.5, 0.6) is 0 Å². The topological polar surface area (TPSA) is 70.2 Å². The molecule has 1 fully saturated rings. The first kappa shape index (κ1) is 26.3. The van der Waals surface area contributed by atoms with E-state index < -0.39 is 5.97 Å². The van der Waals surface area contributed by atoms with Gasteiger partial charge in [-0.1, -0.05) is 30.3 Å². The normalized spacial score (nSPS) is 17.2. The minimum absolute atomic E-state index is 0.157. The first-order chi connectivity index (χ1) is 17.3. The molecule has 0 atom stereocenters. The van der Waals surface area contributed by atoms with E-state index >= 15 is 0 Å². The van der Waals surface area contributed by atoms with Crippen LogP contribution in [0.4, 0.5) is 5.69 Å². The number of benzene rings is 2. The molecule has 4 rings (SSSR count). The highest BCUT2D eigenvalue weighted by atomic mass is 35.5. The molecule has 0 saturated carbocycles. The van der Waals surface area contributed by atoms with Crippen molar-refractivity contribution >= 4 is 46.8 Å². The van der Waals surface area contributed by atoms with Crippen molar-refractivity contribution in [2.24, 2.45) is 0 Å². The zero-order valence-corrected chi connectivity index (χ0v) is 22.3. The molecule has 0 bridgehead atoms. The fourth-order valence-corrected chi connectivity index (χ4v) is 5.49. The van der Waals surface area contributed by atoms with Crippen LogP contribution in [0.25, 0.3) is 0 Å². The number of imide groups is 1. The molecule has 0 spiro atoms. The predicted molar refractivity (Wildman–Crippen MR) is 142 cm³/mol. The number of rotatable bonds is 8. The lowest BCUT2D eigenvalue weighted by molar-refractivity contribution is -0.121. The van der Waals surface area contributed by atoms with E-state index in [2.05, 4.69) is 11.9 Å². The monoisotopic (exact) mass is 527 g/mol. The number of esters is 1. The second kappa shape index (κ2) is 11.5. The third-order valence-electron chi connectivity index (χ3n) is 6.44. The van der Waals surface area contributed by atoms with Crippen LogP contribution in [-0.2, 0) is 14.3 Å². The zero-order valence-electron chi connectivity index (χ0n) is 20.7. The Kier molecular flexibility index (Phi) is 8.39. The number of piperidine rings is 1. The van der Waals surface area contributed by atoms with Gasteiger partial charge in [0.05, 0.1) is 17.9 Å². The first-order valence-electron chi connectivity index (χ1n) is 12.0. The molecule has 2 aromatic rings. The van der Waals surface area contributed by atoms with Crippen molar-refractivity contribution in [1.82, 2.24) is 9.80 Å². The van der Waals surface area contributed by atoms with Crippen molar-refractivity contribution in [3.05, 3.63) is 69.7 Å². The van der Waals surface area contributed by atoms with Gasteiger partial charge in [-0.25, -0.2) is 9.69 Å². The van der Waals surface area contributed by atoms with E-state index in [1.165, 1.54) is 16.7 Å². The van der Waals surface area contributed by atoms with E-state index in [0.29, 0.717) is 33.5 Å². The Bertz CT molecular complexity index is 1160. The summed E-state index contributed by atoms with van der Waals surface area (Å²) in [7, 11) is 3.99. The van der Waals surface area contributed by atoms with Crippen molar-refractivity contribution in [1.29, 1.82) is 0 Å². The quantitative estimate of drug-likeness (QED) is 0.360. The Morgan fingerprint density at radius 2 is 1.69 bits per heavy atom. The van der Waals surface area contributed by atoms with Crippen LogP contribution in [0.15, 0.2) is 64.0 Å². The summed E-state index contributed by atoms with van der Waals surface area (Å²) in [5.41, 5.74) is 1.19. The molecule has 0 unspecified atom stereocenters. The Balaban J connectivity index is 1.64. The molecule has 9 heteroatoms. The second-order valence-corrected chi connectivity index (χ2v) is 10.5. The summed E-state index contributed by atoms with van der Waals surface area (Å²) >= 11 is 7.31. The molecule has 7 nitrogen and oxygen atoms in total. The van der Waals surface area contributed by atoms with E-state index in [9.17, 15) is 14.4 Å². The van der Waals surface area contributed by atoms with E-state index in [-0.39, 0.29) is 17.9 Å². The smallest absolute Gasteiger partial charge is 0.338 e. The van der Waals surface area contributed by atoms with Crippen LogP contribution in [0.3, 0.4) is 0 Å². The number of halogens is 1. The van der Waals surface area contributed by atoms with Crippen LogP contribution in [0.2, 0.25) is 5.02 Å². The standard InChI is InChI=1S/C27H30ClN3O4S/c1-4-17-35-27(34)18-5-9-21(10-6-18)31-25(32)23(30(3)20-13-15-29(2)16-14-20)24(26(31)33)36-22-11-7-19(28)8-12-22/h5-12,20H,4,13-17H2,1-3H3. The summed E-state index contributed by atoms with van der Waals surface area (Å²) in [4.78, 5) is 46.2. The molecule has 2 aliphatic rings. The fraction of sp³-hybridized carbons (Fsp3) is 0.370. The summed E-state index contributed by atoms with van der Waals surface area (Å²) in [6.07, 6.45) is 2.55. The van der Waals surface area contributed by atoms with Gasteiger partial charge in [-0.15, -0.1) is 0 Å². The Morgan fingerprint density at radius 3 is 2.31 bits per heavy atom. The average Bonchev–Trinajstić information content (AvgIpc) is 3.12. The van der Waals surface area contributed by atoms with Gasteiger partial charge in [0.1, 0.15) is 10.6 Å². The number of hydrogen-bond acceptors (Lipinski definition) is 7. The van der Waals surface area contributed by atoms with Crippen molar-refractivity contribution in [2.75, 3.05) is 38.7 Å². The average molecular weight is 528 g/mol. The Morgan fingerprint density at radius 1 is 1.06 bits per heavy atom. The first-order valence-corrected chi connectivity index (χ1v) is 13.2. The van der Waals surface area contributed by atoms with Gasteiger partial charge in [0.2, 0.25) is 0 Å². The third-order valence-corrected chi connectivity index (χ3v) is 7.77. The lowest BCUT2D eigenvalue weighted by Crippen LogP contribution is -2.43. The van der Waals surface area contributed by atoms with Crippen LogP contribution in [0, 0.1) is 0 Å². The van der Waals surface area contributed by atoms with E-state index in [1.807, 2.05) is 31.0 Å². The number of carbonyl (C=O) groups excluding carboxylic acids is 3. The number of hydrogen-bond donors (Lipinski definition) is 0. The number of likely N-dealkylation sites (N-methyl/N-ethyl adjacent to an activating group) is 1. The molecule has 2 heterocycles. The summed E-state index contributed by atoms with van der Waals surface area (Å²) in [5.74, 6) is -1.17. The van der Waals surface area contributed by atoms with Gasteiger partial charge in [0.25, 0.3) is 11.8 Å². The maximum absolute atomic E-state index is 13.7. The van der Waals surface area contributed by atoms with E-state index in [4.69, 9.17) is 16.3 Å². The van der Waals surface area contributed by atoms with Gasteiger partial charge < -0.3 is 14.5 Å². The molecule has 2 amide bonds. The van der Waals surface area contributed by atoms with E-state index in [1.54, 1.807) is 36.4 Å². The van der Waals surface area contributed by atoms with Crippen LogP contribution in [-0.4, -0.2) is 67.4 Å². The minimum Gasteiger partial charge on any atom is -0.462 e. The second-order valence-electron chi connectivity index (χ2n) is 9.01. The fourth-order valence-electron chi connectivity index (χ4n) is 4.35. The van der Waals surface area contributed by atoms with Crippen molar-refractivity contribution in [3.8, 4) is 0 Å². The van der Waals surface area contributed by atoms with Crippen LogP contribution >= 0.6 is 23.4 Å². The number of nitrogens with zero attached hydrogens (tertiary/aromatic N) is 3. The van der Waals surface area contributed by atoms with Gasteiger partial charge >= 0.3 is 5.97 Å². The van der Waals surface area contributed by atoms with Crippen LogP contribution < -0.4 is 4.90 Å². The lowest BCUT2D eigenvalue weighted by Gasteiger charge is -2.36. The van der Waals surface area contributed by atoms with Crippen LogP contribution in [0.1, 0.15) is 36.5 Å². The number of likely N-dealkylation sites (tertiary alicyclic amines) is 1. The lowest BCUT2D eigenvalue weighted by atomic mass is 10.0. The zero-order chi connectivity index (χ0) is 25.8. The predicted octanol–water partition coefficient (Wildman–Crippen LogP) is 4.81. The molecule has 36 heavy (non-hydrogen) atoms.